The van der Waals surface area contributed by atoms with E-state index < -0.39 is 12.2 Å². The van der Waals surface area contributed by atoms with Crippen LogP contribution >= 0.6 is 11.8 Å². The number of benzene rings is 1. The summed E-state index contributed by atoms with van der Waals surface area (Å²) < 4.78 is 0. The van der Waals surface area contributed by atoms with Crippen LogP contribution in [0.1, 0.15) is 25.0 Å². The molecule has 0 bridgehead atoms. The van der Waals surface area contributed by atoms with Gasteiger partial charge in [0.2, 0.25) is 0 Å². The van der Waals surface area contributed by atoms with Gasteiger partial charge in [0, 0.05) is 12.7 Å². The zero-order valence-electron chi connectivity index (χ0n) is 10.4. The summed E-state index contributed by atoms with van der Waals surface area (Å²) >= 11 is 1.14. The van der Waals surface area contributed by atoms with E-state index in [1.54, 1.807) is 18.2 Å². The average Bonchev–Trinajstić information content (AvgIpc) is 2.84. The minimum atomic E-state index is -0.992. The second-order valence-electron chi connectivity index (χ2n) is 4.21. The number of aromatic amines is 1. The molecule has 0 spiro atoms. The Kier molecular flexibility index (Phi) is 4.52. The first kappa shape index (κ1) is 14.0. The first-order valence-corrected chi connectivity index (χ1v) is 6.86. The highest BCUT2D eigenvalue weighted by molar-refractivity contribution is 8.13. The molecule has 2 atom stereocenters. The summed E-state index contributed by atoms with van der Waals surface area (Å²) in [7, 11) is 0. The Morgan fingerprint density at radius 1 is 1.37 bits per heavy atom. The summed E-state index contributed by atoms with van der Waals surface area (Å²) in [5, 5.41) is 30.3. The summed E-state index contributed by atoms with van der Waals surface area (Å²) in [6.45, 7) is 1.48. The lowest BCUT2D eigenvalue weighted by Crippen LogP contribution is -2.19. The van der Waals surface area contributed by atoms with E-state index in [0.29, 0.717) is 28.8 Å². The van der Waals surface area contributed by atoms with Crippen LogP contribution < -0.4 is 0 Å². The number of nitrogens with one attached hydrogen (secondary N) is 1. The van der Waals surface area contributed by atoms with Crippen LogP contribution in [-0.4, -0.2) is 42.6 Å². The van der Waals surface area contributed by atoms with Gasteiger partial charge in [0.05, 0.1) is 6.10 Å². The van der Waals surface area contributed by atoms with Gasteiger partial charge >= 0.3 is 0 Å². The lowest BCUT2D eigenvalue weighted by molar-refractivity contribution is -0.109. The van der Waals surface area contributed by atoms with Gasteiger partial charge in [-0.1, -0.05) is 17.8 Å². The van der Waals surface area contributed by atoms with Crippen molar-refractivity contribution in [2.24, 2.45) is 0 Å². The van der Waals surface area contributed by atoms with Gasteiger partial charge < -0.3 is 10.2 Å². The van der Waals surface area contributed by atoms with Gasteiger partial charge in [-0.15, -0.1) is 0 Å². The summed E-state index contributed by atoms with van der Waals surface area (Å²) in [4.78, 5) is 10.8. The Balaban J connectivity index is 2.01. The Bertz CT molecular complexity index is 572. The van der Waals surface area contributed by atoms with Gasteiger partial charge in [0.25, 0.3) is 0 Å². The summed E-state index contributed by atoms with van der Waals surface area (Å²) in [6.07, 6.45) is -1.55. The SMILES string of the molecule is CC(=O)SCCC(O)C(O)c1ccc2n[nH]nc2c1. The maximum Gasteiger partial charge on any atom is 0.185 e. The standard InChI is InChI=1S/C12H15N3O3S/c1-7(16)19-5-4-11(17)12(18)8-2-3-9-10(6-8)14-15-13-9/h2-3,6,11-12,17-18H,4-5H2,1H3,(H,13,14,15). The first-order valence-electron chi connectivity index (χ1n) is 5.88. The van der Waals surface area contributed by atoms with Crippen molar-refractivity contribution in [1.82, 2.24) is 15.4 Å². The predicted octanol–water partition coefficient (Wildman–Crippen LogP) is 1.02. The van der Waals surface area contributed by atoms with Crippen LogP contribution in [0.2, 0.25) is 0 Å². The molecule has 0 aliphatic heterocycles. The second-order valence-corrected chi connectivity index (χ2v) is 5.48. The molecule has 0 saturated heterocycles. The van der Waals surface area contributed by atoms with E-state index in [1.807, 2.05) is 0 Å². The van der Waals surface area contributed by atoms with Crippen LogP contribution in [0, 0.1) is 0 Å². The molecule has 0 aliphatic rings. The molecule has 2 unspecified atom stereocenters. The second kappa shape index (κ2) is 6.14. The fourth-order valence-corrected chi connectivity index (χ4v) is 2.39. The molecular weight excluding hydrogens is 266 g/mol. The van der Waals surface area contributed by atoms with E-state index in [4.69, 9.17) is 0 Å². The molecule has 7 heteroatoms. The highest BCUT2D eigenvalue weighted by Gasteiger charge is 2.19. The van der Waals surface area contributed by atoms with Crippen molar-refractivity contribution in [2.75, 3.05) is 5.75 Å². The van der Waals surface area contributed by atoms with Crippen LogP contribution in [0.3, 0.4) is 0 Å². The van der Waals surface area contributed by atoms with Gasteiger partial charge in [-0.25, -0.2) is 0 Å². The zero-order valence-corrected chi connectivity index (χ0v) is 11.2. The number of aromatic nitrogens is 3. The molecule has 6 nitrogen and oxygen atoms in total. The van der Waals surface area contributed by atoms with Gasteiger partial charge in [-0.2, -0.15) is 15.4 Å². The number of aliphatic hydroxyl groups excluding tert-OH is 2. The fourth-order valence-electron chi connectivity index (χ4n) is 1.74. The number of thioether (sulfide) groups is 1. The van der Waals surface area contributed by atoms with Crippen molar-refractivity contribution >= 4 is 27.9 Å². The summed E-state index contributed by atoms with van der Waals surface area (Å²) in [5.41, 5.74) is 1.93. The molecule has 2 aromatic rings. The molecule has 0 aliphatic carbocycles. The lowest BCUT2D eigenvalue weighted by Gasteiger charge is -2.17. The Hall–Kier alpha value is -1.44. The predicted molar refractivity (Wildman–Crippen MR) is 72.6 cm³/mol. The third-order valence-electron chi connectivity index (χ3n) is 2.77. The number of hydrogen-bond donors (Lipinski definition) is 3. The van der Waals surface area contributed by atoms with E-state index in [0.717, 1.165) is 11.8 Å². The topological polar surface area (TPSA) is 99.1 Å². The number of aliphatic hydroxyl groups is 2. The number of nitrogens with zero attached hydrogens (tertiary/aromatic N) is 2. The molecule has 0 saturated carbocycles. The van der Waals surface area contributed by atoms with Crippen molar-refractivity contribution in [2.45, 2.75) is 25.6 Å². The smallest absolute Gasteiger partial charge is 0.185 e. The highest BCUT2D eigenvalue weighted by atomic mass is 32.2. The average molecular weight is 281 g/mol. The summed E-state index contributed by atoms with van der Waals surface area (Å²) in [6, 6.07) is 5.12. The third-order valence-corrected chi connectivity index (χ3v) is 3.61. The zero-order chi connectivity index (χ0) is 13.8. The molecule has 102 valence electrons. The van der Waals surface area contributed by atoms with Crippen LogP contribution in [0.5, 0.6) is 0 Å². The van der Waals surface area contributed by atoms with E-state index in [1.165, 1.54) is 6.92 Å². The number of hydrogen-bond acceptors (Lipinski definition) is 6. The molecular formula is C12H15N3O3S. The minimum absolute atomic E-state index is 0.00528. The Morgan fingerprint density at radius 2 is 2.11 bits per heavy atom. The number of fused-ring (bicyclic) bond motifs is 1. The fraction of sp³-hybridized carbons (Fsp3) is 0.417. The van der Waals surface area contributed by atoms with E-state index >= 15 is 0 Å². The van der Waals surface area contributed by atoms with Gasteiger partial charge in [-0.3, -0.25) is 4.79 Å². The number of carbonyl (C=O) groups excluding carboxylic acids is 1. The molecule has 3 N–H and O–H groups in total. The van der Waals surface area contributed by atoms with E-state index in [2.05, 4.69) is 15.4 Å². The highest BCUT2D eigenvalue weighted by Crippen LogP contribution is 2.22. The van der Waals surface area contributed by atoms with Gasteiger partial charge in [0.1, 0.15) is 17.1 Å². The molecule has 0 radical (unpaired) electrons. The number of H-pyrrole nitrogens is 1. The molecule has 0 amide bonds. The molecule has 0 fully saturated rings. The monoisotopic (exact) mass is 281 g/mol. The van der Waals surface area contributed by atoms with Crippen LogP contribution in [0.15, 0.2) is 18.2 Å². The Morgan fingerprint density at radius 3 is 2.84 bits per heavy atom. The maximum atomic E-state index is 10.8. The molecule has 1 heterocycles. The normalized spacial score (nSPS) is 14.5. The molecule has 2 rings (SSSR count). The van der Waals surface area contributed by atoms with Crippen molar-refractivity contribution in [1.29, 1.82) is 0 Å². The molecule has 1 aromatic carbocycles. The van der Waals surface area contributed by atoms with E-state index in [9.17, 15) is 15.0 Å². The molecule has 1 aromatic heterocycles. The van der Waals surface area contributed by atoms with Crippen LogP contribution in [0.4, 0.5) is 0 Å². The van der Waals surface area contributed by atoms with Crippen molar-refractivity contribution < 1.29 is 15.0 Å². The van der Waals surface area contributed by atoms with E-state index in [-0.39, 0.29) is 5.12 Å². The minimum Gasteiger partial charge on any atom is -0.390 e. The van der Waals surface area contributed by atoms with Gasteiger partial charge in [0.15, 0.2) is 5.12 Å². The summed E-state index contributed by atoms with van der Waals surface area (Å²) in [5.74, 6) is 0.486. The van der Waals surface area contributed by atoms with Crippen molar-refractivity contribution in [3.63, 3.8) is 0 Å². The maximum absolute atomic E-state index is 10.8. The lowest BCUT2D eigenvalue weighted by atomic mass is 10.0. The van der Waals surface area contributed by atoms with Crippen molar-refractivity contribution in [3.05, 3.63) is 23.8 Å². The van der Waals surface area contributed by atoms with Crippen molar-refractivity contribution in [3.8, 4) is 0 Å². The van der Waals surface area contributed by atoms with Gasteiger partial charge in [-0.05, 0) is 24.1 Å². The van der Waals surface area contributed by atoms with Crippen LogP contribution in [0.25, 0.3) is 11.0 Å². The van der Waals surface area contributed by atoms with Crippen LogP contribution in [-0.2, 0) is 4.79 Å². The molecule has 19 heavy (non-hydrogen) atoms. The largest absolute Gasteiger partial charge is 0.390 e. The quantitative estimate of drug-likeness (QED) is 0.757. The number of carbonyl (C=O) groups is 1. The first-order chi connectivity index (χ1) is 9.08. The third kappa shape index (κ3) is 3.52. The number of rotatable bonds is 5. The Labute approximate surface area is 114 Å².